The van der Waals surface area contributed by atoms with Crippen LogP contribution in [0.25, 0.3) is 0 Å². The number of hydrogen-bond acceptors (Lipinski definition) is 1. The lowest BCUT2D eigenvalue weighted by Crippen LogP contribution is -2.10. The quantitative estimate of drug-likeness (QED) is 0.548. The van der Waals surface area contributed by atoms with Gasteiger partial charge in [-0.05, 0) is 58.3 Å². The zero-order valence-electron chi connectivity index (χ0n) is 15.4. The van der Waals surface area contributed by atoms with Crippen LogP contribution < -0.4 is 0 Å². The van der Waals surface area contributed by atoms with E-state index < -0.39 is 0 Å². The van der Waals surface area contributed by atoms with Gasteiger partial charge >= 0.3 is 0 Å². The third-order valence-electron chi connectivity index (χ3n) is 4.54. The highest BCUT2D eigenvalue weighted by Gasteiger charge is 2.11. The molecule has 1 heteroatoms. The van der Waals surface area contributed by atoms with Crippen molar-refractivity contribution in [1.82, 2.24) is 0 Å². The number of allylic oxidation sites excluding steroid dienone is 6. The molecule has 0 spiro atoms. The van der Waals surface area contributed by atoms with Gasteiger partial charge in [-0.25, -0.2) is 0 Å². The Balaban J connectivity index is 2.98. The van der Waals surface area contributed by atoms with Crippen molar-refractivity contribution in [2.45, 2.75) is 66.4 Å². The van der Waals surface area contributed by atoms with Gasteiger partial charge in [0.2, 0.25) is 0 Å². The maximum atomic E-state index is 5.64. The topological polar surface area (TPSA) is 9.23 Å². The molecule has 0 amide bonds. The zero-order chi connectivity index (χ0) is 16.5. The van der Waals surface area contributed by atoms with Gasteiger partial charge in [0.15, 0.2) is 0 Å². The van der Waals surface area contributed by atoms with Gasteiger partial charge in [0.25, 0.3) is 0 Å². The second-order valence-electron chi connectivity index (χ2n) is 7.03. The molecule has 1 aliphatic rings. The molecule has 0 aromatic rings. The Kier molecular flexibility index (Phi) is 8.48. The molecular weight excluding hydrogens is 268 g/mol. The number of hydrogen-bond donors (Lipinski definition) is 0. The average molecular weight is 303 g/mol. The van der Waals surface area contributed by atoms with Crippen molar-refractivity contribution in [2.24, 2.45) is 11.8 Å². The van der Waals surface area contributed by atoms with Crippen molar-refractivity contribution in [3.8, 4) is 0 Å². The molecule has 0 saturated carbocycles. The van der Waals surface area contributed by atoms with Gasteiger partial charge in [-0.15, -0.1) is 0 Å². The molecule has 0 fully saturated rings. The molecule has 0 aromatic carbocycles. The summed E-state index contributed by atoms with van der Waals surface area (Å²) >= 11 is 0. The first kappa shape index (κ1) is 19.0. The van der Waals surface area contributed by atoms with Gasteiger partial charge in [0.1, 0.15) is 0 Å². The lowest BCUT2D eigenvalue weighted by atomic mass is 9.88. The van der Waals surface area contributed by atoms with Crippen LogP contribution in [0.2, 0.25) is 0 Å². The van der Waals surface area contributed by atoms with E-state index in [4.69, 9.17) is 4.74 Å². The molecule has 0 aliphatic heterocycles. The molecule has 0 saturated heterocycles. The third-order valence-corrected chi connectivity index (χ3v) is 4.54. The van der Waals surface area contributed by atoms with Crippen molar-refractivity contribution in [1.29, 1.82) is 0 Å². The molecule has 0 N–H and O–H groups in total. The lowest BCUT2D eigenvalue weighted by Gasteiger charge is -2.18. The fraction of sp³-hybridized carbons (Fsp3) is 0.619. The van der Waals surface area contributed by atoms with Crippen molar-refractivity contribution >= 4 is 0 Å². The summed E-state index contributed by atoms with van der Waals surface area (Å²) in [4.78, 5) is 0. The predicted octanol–water partition coefficient (Wildman–Crippen LogP) is 6.24. The molecule has 124 valence electrons. The smallest absolute Gasteiger partial charge is 0.0791 e. The van der Waals surface area contributed by atoms with Crippen LogP contribution in [0.5, 0.6) is 0 Å². The third kappa shape index (κ3) is 7.26. The molecule has 0 heterocycles. The molecule has 22 heavy (non-hydrogen) atoms. The maximum Gasteiger partial charge on any atom is 0.0791 e. The Bertz CT molecular complexity index is 449. The van der Waals surface area contributed by atoms with Crippen LogP contribution >= 0.6 is 0 Å². The lowest BCUT2D eigenvalue weighted by molar-refractivity contribution is 0.140. The van der Waals surface area contributed by atoms with E-state index in [1.165, 1.54) is 23.1 Å². The normalized spacial score (nSPS) is 33.9. The number of rotatable bonds is 2. The highest BCUT2D eigenvalue weighted by molar-refractivity contribution is 5.19. The van der Waals surface area contributed by atoms with Gasteiger partial charge in [0, 0.05) is 7.11 Å². The second-order valence-corrected chi connectivity index (χ2v) is 7.03. The van der Waals surface area contributed by atoms with Gasteiger partial charge in [-0.3, -0.25) is 0 Å². The van der Waals surface area contributed by atoms with Gasteiger partial charge in [-0.1, -0.05) is 60.9 Å². The van der Waals surface area contributed by atoms with E-state index in [2.05, 4.69) is 65.0 Å². The second kappa shape index (κ2) is 9.84. The van der Waals surface area contributed by atoms with Crippen LogP contribution in [0.3, 0.4) is 0 Å². The summed E-state index contributed by atoms with van der Waals surface area (Å²) in [5.74, 6) is 1.33. The number of methoxy groups -OCH3 is 1. The van der Waals surface area contributed by atoms with Crippen molar-refractivity contribution in [2.75, 3.05) is 7.11 Å². The maximum absolute atomic E-state index is 5.64. The Labute approximate surface area is 137 Å². The zero-order valence-corrected chi connectivity index (χ0v) is 15.4. The minimum Gasteiger partial charge on any atom is -0.377 e. The fourth-order valence-electron chi connectivity index (χ4n) is 2.85. The van der Waals surface area contributed by atoms with Crippen molar-refractivity contribution in [3.63, 3.8) is 0 Å². The Morgan fingerprint density at radius 2 is 1.82 bits per heavy atom. The highest BCUT2D eigenvalue weighted by atomic mass is 16.5. The van der Waals surface area contributed by atoms with Crippen LogP contribution in [0.4, 0.5) is 0 Å². The van der Waals surface area contributed by atoms with Crippen molar-refractivity contribution < 1.29 is 4.74 Å². The van der Waals surface area contributed by atoms with E-state index in [9.17, 15) is 0 Å². The SMILES string of the molecule is CO[C@H]1/C=C(\C)CCC(C(C)C)/C=C/C(C)=C\C/C=C(\C)C1. The van der Waals surface area contributed by atoms with Crippen LogP contribution in [-0.4, -0.2) is 13.2 Å². The van der Waals surface area contributed by atoms with E-state index in [1.807, 2.05) is 7.11 Å². The Hall–Kier alpha value is -1.08. The first-order valence-corrected chi connectivity index (χ1v) is 8.63. The summed E-state index contributed by atoms with van der Waals surface area (Å²) in [5.41, 5.74) is 4.21. The average Bonchev–Trinajstić information content (AvgIpc) is 2.45. The van der Waals surface area contributed by atoms with Gasteiger partial charge in [0.05, 0.1) is 6.10 Å². The standard InChI is InChI=1S/C21H34O/c1-16(2)20-12-10-17(3)8-7-9-18(4)14-21(22-6)15-19(5)11-13-20/h8-10,12,15-16,20-21H,7,11,13-14H2,1-6H3/b12-10+,17-8-,18-9+,19-15+/t20?,21-/m1/s1. The van der Waals surface area contributed by atoms with Gasteiger partial charge < -0.3 is 4.74 Å². The summed E-state index contributed by atoms with van der Waals surface area (Å²) < 4.78 is 5.64. The largest absolute Gasteiger partial charge is 0.377 e. The molecule has 1 nitrogen and oxygen atoms in total. The molecular formula is C21H34O. The minimum absolute atomic E-state index is 0.206. The molecule has 0 radical (unpaired) electrons. The van der Waals surface area contributed by atoms with Crippen LogP contribution in [0, 0.1) is 11.8 Å². The summed E-state index contributed by atoms with van der Waals surface area (Å²) in [7, 11) is 1.81. The van der Waals surface area contributed by atoms with E-state index in [1.54, 1.807) is 0 Å². The van der Waals surface area contributed by atoms with Crippen LogP contribution in [0.15, 0.2) is 47.1 Å². The van der Waals surface area contributed by atoms with Crippen molar-refractivity contribution in [3.05, 3.63) is 47.1 Å². The summed E-state index contributed by atoms with van der Waals surface area (Å²) in [6.45, 7) is 11.3. The molecule has 1 rings (SSSR count). The van der Waals surface area contributed by atoms with E-state index >= 15 is 0 Å². The Morgan fingerprint density at radius 3 is 2.45 bits per heavy atom. The molecule has 0 bridgehead atoms. The molecule has 0 aromatic heterocycles. The first-order chi connectivity index (χ1) is 10.4. The van der Waals surface area contributed by atoms with Crippen LogP contribution in [0.1, 0.15) is 60.3 Å². The minimum atomic E-state index is 0.206. The van der Waals surface area contributed by atoms with Gasteiger partial charge in [-0.2, -0.15) is 0 Å². The van der Waals surface area contributed by atoms with Crippen LogP contribution in [-0.2, 0) is 4.74 Å². The van der Waals surface area contributed by atoms with E-state index in [-0.39, 0.29) is 6.10 Å². The van der Waals surface area contributed by atoms with E-state index in [0.29, 0.717) is 11.8 Å². The fourth-order valence-corrected chi connectivity index (χ4v) is 2.85. The summed E-state index contributed by atoms with van der Waals surface area (Å²) in [6, 6.07) is 0. The molecule has 1 unspecified atom stereocenters. The molecule has 2 atom stereocenters. The molecule has 1 aliphatic carbocycles. The first-order valence-electron chi connectivity index (χ1n) is 8.63. The number of ether oxygens (including phenoxy) is 1. The predicted molar refractivity (Wildman–Crippen MR) is 98.0 cm³/mol. The highest BCUT2D eigenvalue weighted by Crippen LogP contribution is 2.23. The van der Waals surface area contributed by atoms with E-state index in [0.717, 1.165) is 19.3 Å². The summed E-state index contributed by atoms with van der Waals surface area (Å²) in [6.07, 6.45) is 16.2. The Morgan fingerprint density at radius 1 is 1.09 bits per heavy atom. The monoisotopic (exact) mass is 302 g/mol. The summed E-state index contributed by atoms with van der Waals surface area (Å²) in [5, 5.41) is 0.